The van der Waals surface area contributed by atoms with Crippen molar-refractivity contribution in [2.24, 2.45) is 0 Å². The molecular weight excluding hydrogens is 156 g/mol. The number of hydrogen-bond acceptors (Lipinski definition) is 3. The first-order valence-corrected chi connectivity index (χ1v) is 3.98. The molecule has 0 aromatic heterocycles. The molecule has 0 fully saturated rings. The summed E-state index contributed by atoms with van der Waals surface area (Å²) < 4.78 is 4.99. The number of carbonyl (C=O) groups excluding carboxylic acids is 1. The molecule has 1 rings (SSSR count). The number of carbonyl (C=O) groups is 1. The number of allylic oxidation sites excluding steroid dienone is 2. The average Bonchev–Trinajstić information content (AvgIpc) is 2.53. The van der Waals surface area contributed by atoms with Crippen molar-refractivity contribution in [2.45, 2.75) is 18.9 Å². The summed E-state index contributed by atoms with van der Waals surface area (Å²) in [6.07, 6.45) is 7.84. The minimum atomic E-state index is -0.259. The first kappa shape index (κ1) is 9.00. The number of hydrogen-bond donors (Lipinski definition) is 1. The average molecular weight is 168 g/mol. The van der Waals surface area contributed by atoms with Gasteiger partial charge in [0, 0.05) is 13.0 Å². The molecule has 0 radical (unpaired) electrons. The summed E-state index contributed by atoms with van der Waals surface area (Å²) in [7, 11) is 0. The van der Waals surface area contributed by atoms with E-state index in [2.05, 4.69) is 0 Å². The van der Waals surface area contributed by atoms with Crippen LogP contribution < -0.4 is 0 Å². The van der Waals surface area contributed by atoms with E-state index >= 15 is 0 Å². The Kier molecular flexibility index (Phi) is 3.54. The van der Waals surface area contributed by atoms with Crippen molar-refractivity contribution >= 4 is 5.97 Å². The van der Waals surface area contributed by atoms with Crippen LogP contribution in [0.2, 0.25) is 0 Å². The topological polar surface area (TPSA) is 46.5 Å². The van der Waals surface area contributed by atoms with Gasteiger partial charge in [-0.3, -0.25) is 4.79 Å². The SMILES string of the molecule is O=C(CCCO)OC1C=CC=C1. The predicted molar refractivity (Wildman–Crippen MR) is 44.5 cm³/mol. The van der Waals surface area contributed by atoms with Crippen LogP contribution in [-0.2, 0) is 9.53 Å². The summed E-state index contributed by atoms with van der Waals surface area (Å²) in [4.78, 5) is 11.0. The largest absolute Gasteiger partial charge is 0.454 e. The highest BCUT2D eigenvalue weighted by Crippen LogP contribution is 2.06. The Morgan fingerprint density at radius 2 is 2.08 bits per heavy atom. The second kappa shape index (κ2) is 4.72. The van der Waals surface area contributed by atoms with E-state index in [1.54, 1.807) is 12.2 Å². The van der Waals surface area contributed by atoms with Gasteiger partial charge in [-0.2, -0.15) is 0 Å². The number of rotatable bonds is 4. The molecule has 0 atom stereocenters. The van der Waals surface area contributed by atoms with Crippen LogP contribution in [0.25, 0.3) is 0 Å². The molecule has 0 heterocycles. The summed E-state index contributed by atoms with van der Waals surface area (Å²) in [6, 6.07) is 0. The molecular formula is C9H12O3. The fourth-order valence-corrected chi connectivity index (χ4v) is 0.924. The van der Waals surface area contributed by atoms with Gasteiger partial charge in [0.1, 0.15) is 6.10 Å². The molecule has 0 amide bonds. The van der Waals surface area contributed by atoms with E-state index in [0.29, 0.717) is 6.42 Å². The van der Waals surface area contributed by atoms with Gasteiger partial charge in [-0.1, -0.05) is 12.2 Å². The van der Waals surface area contributed by atoms with Gasteiger partial charge >= 0.3 is 5.97 Å². The van der Waals surface area contributed by atoms with Gasteiger partial charge < -0.3 is 9.84 Å². The van der Waals surface area contributed by atoms with Crippen molar-refractivity contribution in [1.29, 1.82) is 0 Å². The molecule has 3 heteroatoms. The van der Waals surface area contributed by atoms with Crippen molar-refractivity contribution in [3.8, 4) is 0 Å². The number of esters is 1. The van der Waals surface area contributed by atoms with E-state index in [-0.39, 0.29) is 25.1 Å². The smallest absolute Gasteiger partial charge is 0.306 e. The van der Waals surface area contributed by atoms with Crippen LogP contribution in [0.4, 0.5) is 0 Å². The highest BCUT2D eigenvalue weighted by atomic mass is 16.5. The van der Waals surface area contributed by atoms with Crippen LogP contribution in [0, 0.1) is 0 Å². The molecule has 66 valence electrons. The van der Waals surface area contributed by atoms with Gasteiger partial charge in [-0.25, -0.2) is 0 Å². The van der Waals surface area contributed by atoms with E-state index in [0.717, 1.165) is 0 Å². The lowest BCUT2D eigenvalue weighted by Gasteiger charge is -2.06. The zero-order valence-electron chi connectivity index (χ0n) is 6.77. The fraction of sp³-hybridized carbons (Fsp3) is 0.444. The summed E-state index contributed by atoms with van der Waals surface area (Å²) in [6.45, 7) is 0.0332. The molecule has 0 aromatic rings. The third-order valence-corrected chi connectivity index (χ3v) is 1.52. The minimum Gasteiger partial charge on any atom is -0.454 e. The number of aliphatic hydroxyl groups is 1. The molecule has 0 spiro atoms. The van der Waals surface area contributed by atoms with E-state index in [1.165, 1.54) is 0 Å². The van der Waals surface area contributed by atoms with E-state index in [9.17, 15) is 4.79 Å². The number of ether oxygens (including phenoxy) is 1. The van der Waals surface area contributed by atoms with E-state index < -0.39 is 0 Å². The zero-order chi connectivity index (χ0) is 8.81. The van der Waals surface area contributed by atoms with E-state index in [4.69, 9.17) is 9.84 Å². The van der Waals surface area contributed by atoms with Crippen LogP contribution >= 0.6 is 0 Å². The van der Waals surface area contributed by atoms with Crippen LogP contribution in [0.15, 0.2) is 24.3 Å². The van der Waals surface area contributed by atoms with Crippen molar-refractivity contribution in [2.75, 3.05) is 6.61 Å². The van der Waals surface area contributed by atoms with Gasteiger partial charge in [0.15, 0.2) is 0 Å². The monoisotopic (exact) mass is 168 g/mol. The van der Waals surface area contributed by atoms with Gasteiger partial charge in [0.2, 0.25) is 0 Å². The first-order valence-electron chi connectivity index (χ1n) is 3.98. The second-order valence-corrected chi connectivity index (χ2v) is 2.55. The molecule has 0 aromatic carbocycles. The van der Waals surface area contributed by atoms with Crippen molar-refractivity contribution < 1.29 is 14.6 Å². The summed E-state index contributed by atoms with van der Waals surface area (Å²) >= 11 is 0. The molecule has 0 aliphatic heterocycles. The van der Waals surface area contributed by atoms with Crippen molar-refractivity contribution in [1.82, 2.24) is 0 Å². The normalized spacial score (nSPS) is 15.4. The molecule has 0 bridgehead atoms. The molecule has 12 heavy (non-hydrogen) atoms. The maximum atomic E-state index is 11.0. The predicted octanol–water partition coefficient (Wildman–Crippen LogP) is 0.797. The Morgan fingerprint density at radius 1 is 1.42 bits per heavy atom. The molecule has 1 aliphatic rings. The Morgan fingerprint density at radius 3 is 2.67 bits per heavy atom. The summed E-state index contributed by atoms with van der Waals surface area (Å²) in [5.41, 5.74) is 0. The minimum absolute atomic E-state index is 0.0332. The maximum absolute atomic E-state index is 11.0. The first-order chi connectivity index (χ1) is 5.83. The number of aliphatic hydroxyl groups excluding tert-OH is 1. The Hall–Kier alpha value is -1.09. The highest BCUT2D eigenvalue weighted by molar-refractivity contribution is 5.70. The van der Waals surface area contributed by atoms with E-state index in [1.807, 2.05) is 12.2 Å². The van der Waals surface area contributed by atoms with Gasteiger partial charge in [0.25, 0.3) is 0 Å². The standard InChI is InChI=1S/C9H12O3/c10-7-3-6-9(11)12-8-4-1-2-5-8/h1-2,4-5,8,10H,3,6-7H2. The summed E-state index contributed by atoms with van der Waals surface area (Å²) in [5, 5.41) is 8.44. The third-order valence-electron chi connectivity index (χ3n) is 1.52. The lowest BCUT2D eigenvalue weighted by molar-refractivity contribution is -0.145. The fourth-order valence-electron chi connectivity index (χ4n) is 0.924. The highest BCUT2D eigenvalue weighted by Gasteiger charge is 2.09. The van der Waals surface area contributed by atoms with Crippen LogP contribution in [0.1, 0.15) is 12.8 Å². The Balaban J connectivity index is 2.17. The lowest BCUT2D eigenvalue weighted by Crippen LogP contribution is -2.12. The van der Waals surface area contributed by atoms with Gasteiger partial charge in [-0.15, -0.1) is 0 Å². The lowest BCUT2D eigenvalue weighted by atomic mass is 10.3. The zero-order valence-corrected chi connectivity index (χ0v) is 6.77. The molecule has 1 N–H and O–H groups in total. The molecule has 1 aliphatic carbocycles. The Bertz CT molecular complexity index is 194. The summed E-state index contributed by atoms with van der Waals surface area (Å²) in [5.74, 6) is -0.259. The third kappa shape index (κ3) is 2.88. The molecule has 3 nitrogen and oxygen atoms in total. The van der Waals surface area contributed by atoms with Crippen molar-refractivity contribution in [3.63, 3.8) is 0 Å². The molecule has 0 unspecified atom stereocenters. The second-order valence-electron chi connectivity index (χ2n) is 2.55. The van der Waals surface area contributed by atoms with Crippen LogP contribution in [0.3, 0.4) is 0 Å². The molecule has 0 saturated heterocycles. The maximum Gasteiger partial charge on any atom is 0.306 e. The molecule has 0 saturated carbocycles. The van der Waals surface area contributed by atoms with Crippen LogP contribution in [0.5, 0.6) is 0 Å². The van der Waals surface area contributed by atoms with Gasteiger partial charge in [0.05, 0.1) is 0 Å². The van der Waals surface area contributed by atoms with Gasteiger partial charge in [-0.05, 0) is 18.6 Å². The quantitative estimate of drug-likeness (QED) is 0.631. The Labute approximate surface area is 71.3 Å². The van der Waals surface area contributed by atoms with Crippen LogP contribution in [-0.4, -0.2) is 23.8 Å². The van der Waals surface area contributed by atoms with Crippen molar-refractivity contribution in [3.05, 3.63) is 24.3 Å².